The van der Waals surface area contributed by atoms with Gasteiger partial charge in [-0.05, 0) is 69.9 Å². The number of carbonyl (C=O) groups is 1. The number of nitrogens with zero attached hydrogens (tertiary/aromatic N) is 4. The molecule has 1 aliphatic rings. The fourth-order valence-corrected chi connectivity index (χ4v) is 4.79. The Morgan fingerprint density at radius 1 is 1.11 bits per heavy atom. The topological polar surface area (TPSA) is 92.6 Å². The smallest absolute Gasteiger partial charge is 0.410 e. The number of amides is 1. The maximum Gasteiger partial charge on any atom is 0.410 e. The number of nitrogens with one attached hydrogen (secondary N) is 1. The van der Waals surface area contributed by atoms with Gasteiger partial charge in [0, 0.05) is 31.4 Å². The van der Waals surface area contributed by atoms with Gasteiger partial charge >= 0.3 is 6.09 Å². The Balaban J connectivity index is 1.38. The van der Waals surface area contributed by atoms with Gasteiger partial charge in [0.2, 0.25) is 0 Å². The molecule has 4 aromatic rings. The van der Waals surface area contributed by atoms with Crippen LogP contribution in [0.3, 0.4) is 0 Å². The zero-order valence-corrected chi connectivity index (χ0v) is 21.0. The SMILES string of the molecule is Cc1cn2cc(-c3ccc4nc(C5CCN(C(=O)OC(C)(C)C)CC5)[nH]c(=O)c4c3)cc(Cl)c2n1. The lowest BCUT2D eigenvalue weighted by molar-refractivity contribution is 0.0203. The number of hydrogen-bond donors (Lipinski definition) is 1. The molecule has 1 amide bonds. The van der Waals surface area contributed by atoms with E-state index in [1.165, 1.54) is 0 Å². The molecule has 3 aromatic heterocycles. The summed E-state index contributed by atoms with van der Waals surface area (Å²) in [6.45, 7) is 8.63. The minimum absolute atomic E-state index is 0.0798. The van der Waals surface area contributed by atoms with Crippen LogP contribution in [-0.2, 0) is 4.74 Å². The van der Waals surface area contributed by atoms with Crippen molar-refractivity contribution < 1.29 is 9.53 Å². The van der Waals surface area contributed by atoms with Crippen LogP contribution in [0, 0.1) is 6.92 Å². The maximum absolute atomic E-state index is 13.0. The normalized spacial score (nSPS) is 15.2. The summed E-state index contributed by atoms with van der Waals surface area (Å²) in [7, 11) is 0. The molecule has 1 aromatic carbocycles. The van der Waals surface area contributed by atoms with Crippen LogP contribution in [0.25, 0.3) is 27.7 Å². The Morgan fingerprint density at radius 3 is 2.57 bits per heavy atom. The summed E-state index contributed by atoms with van der Waals surface area (Å²) in [4.78, 5) is 39.3. The largest absolute Gasteiger partial charge is 0.444 e. The molecule has 4 heterocycles. The number of fused-ring (bicyclic) bond motifs is 2. The molecule has 1 N–H and O–H groups in total. The van der Waals surface area contributed by atoms with E-state index in [2.05, 4.69) is 9.97 Å². The standard InChI is InChI=1S/C26H28ClN5O3/c1-15-13-32-14-18(12-20(27)23(32)28-15)17-5-6-21-19(11-17)24(33)30-22(29-21)16-7-9-31(10-8-16)25(34)35-26(2,3)4/h5-6,11-14,16H,7-10H2,1-4H3,(H,29,30,33). The van der Waals surface area contributed by atoms with Gasteiger partial charge in [-0.15, -0.1) is 0 Å². The van der Waals surface area contributed by atoms with E-state index in [1.807, 2.05) is 68.8 Å². The number of aromatic nitrogens is 4. The zero-order chi connectivity index (χ0) is 24.9. The molecule has 0 saturated carbocycles. The number of benzene rings is 1. The highest BCUT2D eigenvalue weighted by molar-refractivity contribution is 6.33. The first kappa shape index (κ1) is 23.4. The summed E-state index contributed by atoms with van der Waals surface area (Å²) >= 11 is 6.45. The molecule has 1 aliphatic heterocycles. The van der Waals surface area contributed by atoms with Gasteiger partial charge in [-0.3, -0.25) is 4.79 Å². The molecular formula is C26H28ClN5O3. The van der Waals surface area contributed by atoms with Gasteiger partial charge in [0.1, 0.15) is 11.4 Å². The predicted molar refractivity (Wildman–Crippen MR) is 136 cm³/mol. The van der Waals surface area contributed by atoms with Gasteiger partial charge in [-0.2, -0.15) is 0 Å². The Bertz CT molecular complexity index is 1490. The Labute approximate surface area is 207 Å². The lowest BCUT2D eigenvalue weighted by Crippen LogP contribution is -2.41. The average molecular weight is 494 g/mol. The van der Waals surface area contributed by atoms with Crippen molar-refractivity contribution in [1.82, 2.24) is 24.3 Å². The number of hydrogen-bond acceptors (Lipinski definition) is 5. The van der Waals surface area contributed by atoms with Crippen LogP contribution in [0.1, 0.15) is 51.0 Å². The van der Waals surface area contributed by atoms with E-state index in [4.69, 9.17) is 21.3 Å². The van der Waals surface area contributed by atoms with Crippen molar-refractivity contribution in [2.75, 3.05) is 13.1 Å². The number of halogens is 1. The molecule has 182 valence electrons. The van der Waals surface area contributed by atoms with Crippen molar-refractivity contribution in [1.29, 1.82) is 0 Å². The minimum Gasteiger partial charge on any atom is -0.444 e. The summed E-state index contributed by atoms with van der Waals surface area (Å²) in [6.07, 6.45) is 5.01. The molecule has 8 nitrogen and oxygen atoms in total. The van der Waals surface area contributed by atoms with Crippen molar-refractivity contribution in [2.45, 2.75) is 52.1 Å². The number of piperidine rings is 1. The first-order chi connectivity index (χ1) is 16.6. The van der Waals surface area contributed by atoms with Gasteiger partial charge < -0.3 is 19.0 Å². The number of imidazole rings is 1. The number of H-pyrrole nitrogens is 1. The summed E-state index contributed by atoms with van der Waals surface area (Å²) in [5.74, 6) is 0.744. The van der Waals surface area contributed by atoms with Gasteiger partial charge in [0.15, 0.2) is 5.65 Å². The van der Waals surface area contributed by atoms with E-state index in [9.17, 15) is 9.59 Å². The highest BCUT2D eigenvalue weighted by atomic mass is 35.5. The lowest BCUT2D eigenvalue weighted by atomic mass is 9.96. The average Bonchev–Trinajstić information content (AvgIpc) is 3.18. The summed E-state index contributed by atoms with van der Waals surface area (Å²) < 4.78 is 7.37. The monoisotopic (exact) mass is 493 g/mol. The van der Waals surface area contributed by atoms with E-state index in [0.717, 1.165) is 16.8 Å². The summed E-state index contributed by atoms with van der Waals surface area (Å²) in [6, 6.07) is 7.53. The summed E-state index contributed by atoms with van der Waals surface area (Å²) in [5, 5.41) is 1.08. The number of aryl methyl sites for hydroxylation is 1. The lowest BCUT2D eigenvalue weighted by Gasteiger charge is -2.33. The first-order valence-electron chi connectivity index (χ1n) is 11.7. The molecule has 5 rings (SSSR count). The van der Waals surface area contributed by atoms with Crippen LogP contribution in [0.4, 0.5) is 4.79 Å². The molecule has 9 heteroatoms. The molecular weight excluding hydrogens is 466 g/mol. The minimum atomic E-state index is -0.521. The second-order valence-electron chi connectivity index (χ2n) is 10.1. The van der Waals surface area contributed by atoms with Crippen molar-refractivity contribution >= 4 is 34.2 Å². The molecule has 0 radical (unpaired) electrons. The fourth-order valence-electron chi connectivity index (χ4n) is 4.53. The van der Waals surface area contributed by atoms with Crippen LogP contribution in [0.15, 0.2) is 41.5 Å². The molecule has 0 atom stereocenters. The van der Waals surface area contributed by atoms with Gasteiger partial charge in [-0.25, -0.2) is 14.8 Å². The van der Waals surface area contributed by atoms with Crippen molar-refractivity contribution in [3.05, 3.63) is 63.6 Å². The third kappa shape index (κ3) is 4.75. The van der Waals surface area contributed by atoms with E-state index in [0.29, 0.717) is 53.3 Å². The second kappa shape index (κ2) is 8.68. The fraction of sp³-hybridized carbons (Fsp3) is 0.385. The van der Waals surface area contributed by atoms with Gasteiger partial charge in [0.05, 0.1) is 21.6 Å². The number of ether oxygens (including phenoxy) is 1. The molecule has 0 unspecified atom stereocenters. The van der Waals surface area contributed by atoms with E-state index in [1.54, 1.807) is 4.90 Å². The quantitative estimate of drug-likeness (QED) is 0.408. The second-order valence-corrected chi connectivity index (χ2v) is 10.5. The number of pyridine rings is 1. The number of aromatic amines is 1. The van der Waals surface area contributed by atoms with E-state index < -0.39 is 5.60 Å². The first-order valence-corrected chi connectivity index (χ1v) is 12.1. The molecule has 35 heavy (non-hydrogen) atoms. The number of likely N-dealkylation sites (tertiary alicyclic amines) is 1. The predicted octanol–water partition coefficient (Wildman–Crippen LogP) is 5.31. The Morgan fingerprint density at radius 2 is 1.86 bits per heavy atom. The van der Waals surface area contributed by atoms with Gasteiger partial charge in [0.25, 0.3) is 5.56 Å². The van der Waals surface area contributed by atoms with Crippen molar-refractivity contribution in [2.24, 2.45) is 0 Å². The van der Waals surface area contributed by atoms with Crippen molar-refractivity contribution in [3.8, 4) is 11.1 Å². The zero-order valence-electron chi connectivity index (χ0n) is 20.3. The molecule has 0 aliphatic carbocycles. The van der Waals surface area contributed by atoms with Crippen LogP contribution < -0.4 is 5.56 Å². The van der Waals surface area contributed by atoms with E-state index >= 15 is 0 Å². The molecule has 0 bridgehead atoms. The number of carbonyl (C=O) groups excluding carboxylic acids is 1. The van der Waals surface area contributed by atoms with Crippen molar-refractivity contribution in [3.63, 3.8) is 0 Å². The third-order valence-electron chi connectivity index (χ3n) is 6.22. The number of rotatable bonds is 2. The molecule has 0 spiro atoms. The molecule has 1 saturated heterocycles. The maximum atomic E-state index is 13.0. The highest BCUT2D eigenvalue weighted by Crippen LogP contribution is 2.30. The van der Waals surface area contributed by atoms with Crippen LogP contribution in [0.2, 0.25) is 5.02 Å². The third-order valence-corrected chi connectivity index (χ3v) is 6.50. The van der Waals surface area contributed by atoms with Crippen LogP contribution in [-0.4, -0.2) is 49.0 Å². The van der Waals surface area contributed by atoms with E-state index in [-0.39, 0.29) is 17.6 Å². The highest BCUT2D eigenvalue weighted by Gasteiger charge is 2.28. The Kier molecular flexibility index (Phi) is 5.79. The van der Waals surface area contributed by atoms with Crippen LogP contribution >= 0.6 is 11.6 Å². The Hall–Kier alpha value is -3.39. The van der Waals surface area contributed by atoms with Gasteiger partial charge in [-0.1, -0.05) is 17.7 Å². The van der Waals surface area contributed by atoms with Crippen LogP contribution in [0.5, 0.6) is 0 Å². The summed E-state index contributed by atoms with van der Waals surface area (Å²) in [5.41, 5.74) is 3.30. The molecule has 1 fully saturated rings.